The Morgan fingerprint density at radius 3 is 2.36 bits per heavy atom. The molecule has 6 heteroatoms. The molecule has 148 valence electrons. The second kappa shape index (κ2) is 10.4. The molecule has 0 radical (unpaired) electrons. The van der Waals surface area contributed by atoms with Gasteiger partial charge >= 0.3 is 5.97 Å². The Labute approximate surface area is 169 Å². The third-order valence-corrected chi connectivity index (χ3v) is 5.78. The SMILES string of the molecule is CC(=O)OC[C@H]1O[C@H](OCc2ccccc2)C(=O)C[C@H]1SCc1ccccc1. The minimum absolute atomic E-state index is 0.0828. The van der Waals surface area contributed by atoms with Crippen LogP contribution in [0.1, 0.15) is 24.5 Å². The van der Waals surface area contributed by atoms with E-state index in [0.29, 0.717) is 13.0 Å². The standard InChI is InChI=1S/C22H24O5S/c1-16(23)25-14-20-21(28-15-18-10-6-3-7-11-18)12-19(24)22(27-20)26-13-17-8-4-2-5-9-17/h2-11,20-22H,12-15H2,1H3/t20-,21-,22+/m1/s1. The van der Waals surface area contributed by atoms with Crippen LogP contribution in [0.15, 0.2) is 60.7 Å². The molecule has 0 saturated carbocycles. The van der Waals surface area contributed by atoms with Crippen LogP contribution in [0.3, 0.4) is 0 Å². The van der Waals surface area contributed by atoms with Crippen LogP contribution < -0.4 is 0 Å². The summed E-state index contributed by atoms with van der Waals surface area (Å²) in [5.74, 6) is 0.309. The van der Waals surface area contributed by atoms with Crippen molar-refractivity contribution in [3.63, 3.8) is 0 Å². The van der Waals surface area contributed by atoms with Gasteiger partial charge in [0.2, 0.25) is 6.29 Å². The number of esters is 1. The van der Waals surface area contributed by atoms with E-state index in [4.69, 9.17) is 14.2 Å². The Morgan fingerprint density at radius 1 is 1.07 bits per heavy atom. The van der Waals surface area contributed by atoms with Crippen molar-refractivity contribution in [2.24, 2.45) is 0 Å². The number of ether oxygens (including phenoxy) is 3. The van der Waals surface area contributed by atoms with Gasteiger partial charge in [-0.15, -0.1) is 0 Å². The second-order valence-corrected chi connectivity index (χ2v) is 7.84. The Kier molecular flexibility index (Phi) is 7.65. The number of rotatable bonds is 8. The van der Waals surface area contributed by atoms with Gasteiger partial charge in [-0.3, -0.25) is 9.59 Å². The van der Waals surface area contributed by atoms with Crippen molar-refractivity contribution >= 4 is 23.5 Å². The van der Waals surface area contributed by atoms with Crippen LogP contribution in [-0.2, 0) is 36.2 Å². The number of thioether (sulfide) groups is 1. The van der Waals surface area contributed by atoms with Crippen molar-refractivity contribution in [1.82, 2.24) is 0 Å². The first kappa shape index (κ1) is 20.6. The van der Waals surface area contributed by atoms with Crippen LogP contribution in [0.25, 0.3) is 0 Å². The summed E-state index contributed by atoms with van der Waals surface area (Å²) in [4.78, 5) is 23.8. The van der Waals surface area contributed by atoms with Gasteiger partial charge in [0.25, 0.3) is 0 Å². The molecular formula is C22H24O5S. The molecule has 0 N–H and O–H groups in total. The van der Waals surface area contributed by atoms with E-state index in [2.05, 4.69) is 0 Å². The number of carbonyl (C=O) groups excluding carboxylic acids is 2. The number of carbonyl (C=O) groups is 2. The molecular weight excluding hydrogens is 376 g/mol. The Bertz CT molecular complexity index is 765. The lowest BCUT2D eigenvalue weighted by Crippen LogP contribution is -2.47. The fourth-order valence-electron chi connectivity index (χ4n) is 2.92. The summed E-state index contributed by atoms with van der Waals surface area (Å²) < 4.78 is 16.8. The van der Waals surface area contributed by atoms with E-state index < -0.39 is 12.4 Å². The second-order valence-electron chi connectivity index (χ2n) is 6.61. The summed E-state index contributed by atoms with van der Waals surface area (Å²) in [5.41, 5.74) is 2.14. The molecule has 5 nitrogen and oxygen atoms in total. The van der Waals surface area contributed by atoms with Gasteiger partial charge in [0, 0.05) is 24.3 Å². The smallest absolute Gasteiger partial charge is 0.302 e. The number of Topliss-reactive ketones (excluding diaryl/α,β-unsaturated/α-hetero) is 1. The summed E-state index contributed by atoms with van der Waals surface area (Å²) in [7, 11) is 0. The zero-order valence-corrected chi connectivity index (χ0v) is 16.6. The first-order valence-corrected chi connectivity index (χ1v) is 10.3. The molecule has 0 spiro atoms. The maximum Gasteiger partial charge on any atom is 0.302 e. The Balaban J connectivity index is 1.60. The van der Waals surface area contributed by atoms with Crippen LogP contribution in [0.5, 0.6) is 0 Å². The molecule has 0 amide bonds. The summed E-state index contributed by atoms with van der Waals surface area (Å²) in [5, 5.41) is -0.0939. The van der Waals surface area contributed by atoms with Crippen LogP contribution in [0.4, 0.5) is 0 Å². The van der Waals surface area contributed by atoms with Gasteiger partial charge < -0.3 is 14.2 Å². The Hall–Kier alpha value is -2.15. The zero-order valence-electron chi connectivity index (χ0n) is 15.8. The van der Waals surface area contributed by atoms with Crippen molar-refractivity contribution in [3.8, 4) is 0 Å². The molecule has 0 bridgehead atoms. The van der Waals surface area contributed by atoms with Crippen molar-refractivity contribution in [3.05, 3.63) is 71.8 Å². The molecule has 0 aromatic heterocycles. The average Bonchev–Trinajstić information content (AvgIpc) is 2.72. The average molecular weight is 400 g/mol. The van der Waals surface area contributed by atoms with E-state index in [1.165, 1.54) is 12.5 Å². The largest absolute Gasteiger partial charge is 0.463 e. The molecule has 1 fully saturated rings. The molecule has 1 saturated heterocycles. The summed E-state index contributed by atoms with van der Waals surface area (Å²) >= 11 is 1.64. The number of hydrogen-bond acceptors (Lipinski definition) is 6. The van der Waals surface area contributed by atoms with Crippen LogP contribution >= 0.6 is 11.8 Å². The normalized spacial score (nSPS) is 22.0. The van der Waals surface area contributed by atoms with Gasteiger partial charge in [-0.25, -0.2) is 0 Å². The summed E-state index contributed by atoms with van der Waals surface area (Å²) in [6.07, 6.45) is -1.01. The molecule has 2 aromatic rings. The first-order valence-electron chi connectivity index (χ1n) is 9.24. The highest BCUT2D eigenvalue weighted by Crippen LogP contribution is 2.31. The van der Waals surface area contributed by atoms with Gasteiger partial charge in [0.05, 0.1) is 6.61 Å². The third kappa shape index (κ3) is 6.19. The highest BCUT2D eigenvalue weighted by molar-refractivity contribution is 7.99. The number of ketones is 1. The third-order valence-electron chi connectivity index (χ3n) is 4.38. The van der Waals surface area contributed by atoms with Gasteiger partial charge in [-0.2, -0.15) is 11.8 Å². The van der Waals surface area contributed by atoms with Gasteiger partial charge in [-0.1, -0.05) is 60.7 Å². The summed E-state index contributed by atoms with van der Waals surface area (Å²) in [6.45, 7) is 1.77. The lowest BCUT2D eigenvalue weighted by molar-refractivity contribution is -0.205. The fourth-order valence-corrected chi connectivity index (χ4v) is 4.15. The van der Waals surface area contributed by atoms with E-state index in [9.17, 15) is 9.59 Å². The number of benzene rings is 2. The molecule has 1 heterocycles. The summed E-state index contributed by atoms with van der Waals surface area (Å²) in [6, 6.07) is 19.7. The van der Waals surface area contributed by atoms with Gasteiger partial charge in [0.1, 0.15) is 12.7 Å². The molecule has 1 aliphatic rings. The van der Waals surface area contributed by atoms with Crippen LogP contribution in [0.2, 0.25) is 0 Å². The van der Waals surface area contributed by atoms with E-state index in [0.717, 1.165) is 11.3 Å². The van der Waals surface area contributed by atoms with Crippen molar-refractivity contribution in [1.29, 1.82) is 0 Å². The van der Waals surface area contributed by atoms with E-state index in [1.807, 2.05) is 60.7 Å². The Morgan fingerprint density at radius 2 is 1.71 bits per heavy atom. The van der Waals surface area contributed by atoms with Crippen LogP contribution in [-0.4, -0.2) is 36.0 Å². The monoisotopic (exact) mass is 400 g/mol. The van der Waals surface area contributed by atoms with Crippen molar-refractivity contribution in [2.45, 2.75) is 43.3 Å². The van der Waals surface area contributed by atoms with Crippen molar-refractivity contribution in [2.75, 3.05) is 6.61 Å². The maximum absolute atomic E-state index is 12.5. The molecule has 28 heavy (non-hydrogen) atoms. The number of hydrogen-bond donors (Lipinski definition) is 0. The highest BCUT2D eigenvalue weighted by Gasteiger charge is 2.38. The molecule has 0 aliphatic carbocycles. The molecule has 0 unspecified atom stereocenters. The van der Waals surface area contributed by atoms with E-state index >= 15 is 0 Å². The van der Waals surface area contributed by atoms with E-state index in [-0.39, 0.29) is 23.6 Å². The maximum atomic E-state index is 12.5. The molecule has 2 aromatic carbocycles. The molecule has 1 aliphatic heterocycles. The van der Waals surface area contributed by atoms with Crippen LogP contribution in [0, 0.1) is 0 Å². The fraction of sp³-hybridized carbons (Fsp3) is 0.364. The highest BCUT2D eigenvalue weighted by atomic mass is 32.2. The lowest BCUT2D eigenvalue weighted by Gasteiger charge is -2.34. The van der Waals surface area contributed by atoms with E-state index in [1.54, 1.807) is 11.8 Å². The quantitative estimate of drug-likeness (QED) is 0.629. The van der Waals surface area contributed by atoms with Gasteiger partial charge in [0.15, 0.2) is 5.78 Å². The lowest BCUT2D eigenvalue weighted by atomic mass is 10.1. The minimum atomic E-state index is -0.936. The topological polar surface area (TPSA) is 61.8 Å². The molecule has 3 rings (SSSR count). The zero-order chi connectivity index (χ0) is 19.8. The predicted molar refractivity (Wildman–Crippen MR) is 108 cm³/mol. The molecule has 3 atom stereocenters. The predicted octanol–water partition coefficient (Wildman–Crippen LogP) is 3.75. The van der Waals surface area contributed by atoms with Crippen molar-refractivity contribution < 1.29 is 23.8 Å². The first-order chi connectivity index (χ1) is 13.6. The minimum Gasteiger partial charge on any atom is -0.463 e. The van der Waals surface area contributed by atoms with Gasteiger partial charge in [-0.05, 0) is 11.1 Å².